The van der Waals surface area contributed by atoms with Crippen LogP contribution in [0, 0.1) is 17.6 Å². The Morgan fingerprint density at radius 3 is 2.42 bits per heavy atom. The maximum Gasteiger partial charge on any atom is 0.287 e. The summed E-state index contributed by atoms with van der Waals surface area (Å²) in [4.78, 5) is 54.5. The average Bonchev–Trinajstić information content (AvgIpc) is 3.74. The zero-order chi connectivity index (χ0) is 36.4. The van der Waals surface area contributed by atoms with Gasteiger partial charge in [-0.3, -0.25) is 19.2 Å². The number of aromatic nitrogens is 3. The van der Waals surface area contributed by atoms with E-state index < -0.39 is 79.3 Å². The molecule has 3 heterocycles. The highest BCUT2D eigenvalue weighted by atomic mass is 32.2. The number of rotatable bonds is 12. The summed E-state index contributed by atoms with van der Waals surface area (Å²) < 4.78 is 64.0. The van der Waals surface area contributed by atoms with Gasteiger partial charge in [0.1, 0.15) is 23.2 Å². The van der Waals surface area contributed by atoms with Crippen LogP contribution in [0.5, 0.6) is 0 Å². The molecular formula is C32H43F2N7O8S. The number of aliphatic hydroxyl groups is 1. The van der Waals surface area contributed by atoms with E-state index in [1.807, 2.05) is 0 Å². The molecule has 0 spiro atoms. The van der Waals surface area contributed by atoms with Crippen LogP contribution in [-0.2, 0) is 39.5 Å². The Hall–Kier alpha value is -3.87. The minimum Gasteiger partial charge on any atom is -0.384 e. The molecule has 15 nitrogen and oxygen atoms in total. The van der Waals surface area contributed by atoms with Crippen molar-refractivity contribution in [1.29, 1.82) is 0 Å². The van der Waals surface area contributed by atoms with Crippen LogP contribution in [0.2, 0.25) is 0 Å². The van der Waals surface area contributed by atoms with Crippen molar-refractivity contribution in [2.75, 3.05) is 19.8 Å². The largest absolute Gasteiger partial charge is 0.384 e. The highest BCUT2D eigenvalue weighted by molar-refractivity contribution is 7.89. The predicted octanol–water partition coefficient (Wildman–Crippen LogP) is 0.963. The smallest absolute Gasteiger partial charge is 0.287 e. The molecule has 1 aromatic carbocycles. The Morgan fingerprint density at radius 2 is 1.80 bits per heavy atom. The van der Waals surface area contributed by atoms with Crippen LogP contribution in [-0.4, -0.2) is 94.3 Å². The van der Waals surface area contributed by atoms with Crippen molar-refractivity contribution in [3.63, 3.8) is 0 Å². The Morgan fingerprint density at radius 1 is 1.12 bits per heavy atom. The van der Waals surface area contributed by atoms with E-state index in [0.717, 1.165) is 38.2 Å². The molecule has 3 atom stereocenters. The van der Waals surface area contributed by atoms with Crippen molar-refractivity contribution >= 4 is 33.5 Å². The summed E-state index contributed by atoms with van der Waals surface area (Å²) in [6.45, 7) is 2.97. The third-order valence-electron chi connectivity index (χ3n) is 9.87. The van der Waals surface area contributed by atoms with Gasteiger partial charge in [-0.15, -0.1) is 5.10 Å². The molecule has 3 aliphatic rings. The lowest BCUT2D eigenvalue weighted by atomic mass is 9.84. The summed E-state index contributed by atoms with van der Waals surface area (Å²) >= 11 is 0. The van der Waals surface area contributed by atoms with Gasteiger partial charge in [-0.05, 0) is 44.4 Å². The van der Waals surface area contributed by atoms with Gasteiger partial charge in [0.25, 0.3) is 5.91 Å². The Balaban J connectivity index is 1.52. The normalized spacial score (nSPS) is 22.2. The van der Waals surface area contributed by atoms with Crippen LogP contribution in [0.3, 0.4) is 0 Å². The number of nitrogens with one attached hydrogen (secondary N) is 2. The number of Topliss-reactive ketones (excluding diaryl/α,β-unsaturated/α-hetero) is 1. The number of ketones is 1. The minimum absolute atomic E-state index is 0.0468. The summed E-state index contributed by atoms with van der Waals surface area (Å²) in [5.41, 5.74) is 2.55. The molecule has 3 amide bonds. The van der Waals surface area contributed by atoms with E-state index in [2.05, 4.69) is 20.4 Å². The van der Waals surface area contributed by atoms with Gasteiger partial charge in [0.2, 0.25) is 27.6 Å². The van der Waals surface area contributed by atoms with E-state index in [4.69, 9.17) is 10.5 Å². The van der Waals surface area contributed by atoms with Gasteiger partial charge in [-0.1, -0.05) is 37.3 Å². The van der Waals surface area contributed by atoms with Gasteiger partial charge < -0.3 is 25.8 Å². The van der Waals surface area contributed by atoms with Gasteiger partial charge >= 0.3 is 0 Å². The monoisotopic (exact) mass is 723 g/mol. The van der Waals surface area contributed by atoms with Crippen LogP contribution >= 0.6 is 0 Å². The molecule has 2 saturated heterocycles. The number of amides is 3. The molecule has 2 aromatic rings. The number of nitrogens with two attached hydrogens (primary N) is 1. The van der Waals surface area contributed by atoms with E-state index in [9.17, 15) is 41.5 Å². The first-order valence-electron chi connectivity index (χ1n) is 16.7. The molecule has 2 unspecified atom stereocenters. The SMILES string of the molecule is CC(C)(O)c1cnnn1C1CC(C(=O)NC2(C(=O)C(N)=O)CCOCC2)N(C(=O)[C@@H](CC2CCCCC2)NS(=O)(=O)c2ccc(F)c(F)c2)C1. The predicted molar refractivity (Wildman–Crippen MR) is 171 cm³/mol. The zero-order valence-electron chi connectivity index (χ0n) is 27.9. The van der Waals surface area contributed by atoms with Crippen LogP contribution in [0.15, 0.2) is 29.3 Å². The maximum atomic E-state index is 14.6. The molecule has 1 aliphatic carbocycles. The number of primary amides is 1. The number of likely N-dealkylation sites (tertiary alicyclic amines) is 1. The molecule has 18 heteroatoms. The second-order valence-electron chi connectivity index (χ2n) is 13.9. The lowest BCUT2D eigenvalue weighted by Gasteiger charge is -2.37. The first-order chi connectivity index (χ1) is 23.5. The number of carbonyl (C=O) groups is 4. The van der Waals surface area contributed by atoms with Gasteiger partial charge in [0, 0.05) is 39.0 Å². The van der Waals surface area contributed by atoms with Gasteiger partial charge in [0.05, 0.1) is 22.8 Å². The molecule has 2 aliphatic heterocycles. The van der Waals surface area contributed by atoms with Crippen molar-refractivity contribution in [1.82, 2.24) is 29.9 Å². The molecule has 5 N–H and O–H groups in total. The van der Waals surface area contributed by atoms with Crippen molar-refractivity contribution in [2.45, 2.75) is 106 Å². The minimum atomic E-state index is -4.57. The van der Waals surface area contributed by atoms with Gasteiger partial charge in [-0.2, -0.15) is 4.72 Å². The molecule has 1 aromatic heterocycles. The standard InChI is InChI=1S/C32H43F2N7O8S/c1-31(2,46)26-17-36-39-41(26)20-15-25(29(44)37-32(27(42)28(35)43)10-12-49-13-11-32)40(18-20)30(45)24(14-19-6-4-3-5-7-19)38-50(47,48)21-8-9-22(33)23(34)16-21/h8-9,16-17,19-20,24-25,38,46H,3-7,10-15,18H2,1-2H3,(H2,35,43)(H,37,44)/t20?,24-,25?/m1/s1. The van der Waals surface area contributed by atoms with Gasteiger partial charge in [0.15, 0.2) is 11.6 Å². The summed E-state index contributed by atoms with van der Waals surface area (Å²) in [5.74, 6) is -6.50. The van der Waals surface area contributed by atoms with E-state index in [0.29, 0.717) is 17.8 Å². The van der Waals surface area contributed by atoms with Crippen LogP contribution in [0.25, 0.3) is 0 Å². The first kappa shape index (κ1) is 37.4. The number of ether oxygens (including phenoxy) is 1. The molecule has 0 bridgehead atoms. The molecule has 3 fully saturated rings. The lowest BCUT2D eigenvalue weighted by Crippen LogP contribution is -2.64. The number of sulfonamides is 1. The second-order valence-corrected chi connectivity index (χ2v) is 15.6. The van der Waals surface area contributed by atoms with Crippen LogP contribution in [0.1, 0.15) is 83.4 Å². The topological polar surface area (TPSA) is 216 Å². The van der Waals surface area contributed by atoms with Gasteiger partial charge in [-0.25, -0.2) is 21.9 Å². The van der Waals surface area contributed by atoms with Crippen LogP contribution in [0.4, 0.5) is 8.78 Å². The molecule has 274 valence electrons. The van der Waals surface area contributed by atoms with E-state index in [-0.39, 0.29) is 51.4 Å². The van der Waals surface area contributed by atoms with E-state index >= 15 is 0 Å². The number of hydrogen-bond donors (Lipinski definition) is 4. The summed E-state index contributed by atoms with van der Waals surface area (Å²) in [6.07, 6.45) is 5.46. The Labute approximate surface area is 288 Å². The fourth-order valence-electron chi connectivity index (χ4n) is 7.17. The number of nitrogens with zero attached hydrogens (tertiary/aromatic N) is 4. The molecule has 5 rings (SSSR count). The summed E-state index contributed by atoms with van der Waals surface area (Å²) in [6, 6.07) is -1.36. The average molecular weight is 724 g/mol. The number of benzene rings is 1. The first-order valence-corrected chi connectivity index (χ1v) is 18.2. The van der Waals surface area contributed by atoms with Crippen molar-refractivity contribution < 1.29 is 46.2 Å². The molecule has 50 heavy (non-hydrogen) atoms. The van der Waals surface area contributed by atoms with E-state index in [1.165, 1.54) is 29.6 Å². The fourth-order valence-corrected chi connectivity index (χ4v) is 8.39. The maximum absolute atomic E-state index is 14.6. The Bertz CT molecular complexity index is 1720. The highest BCUT2D eigenvalue weighted by Crippen LogP contribution is 2.34. The second kappa shape index (κ2) is 14.8. The Kier molecular flexibility index (Phi) is 11.0. The third kappa shape index (κ3) is 8.03. The number of carbonyl (C=O) groups excluding carboxylic acids is 4. The third-order valence-corrected chi connectivity index (χ3v) is 11.3. The quantitative estimate of drug-likeness (QED) is 0.228. The molecular weight excluding hydrogens is 680 g/mol. The lowest BCUT2D eigenvalue weighted by molar-refractivity contribution is -0.147. The summed E-state index contributed by atoms with van der Waals surface area (Å²) in [5, 5.41) is 21.5. The van der Waals surface area contributed by atoms with E-state index in [1.54, 1.807) is 0 Å². The van der Waals surface area contributed by atoms with Crippen molar-refractivity contribution in [3.8, 4) is 0 Å². The molecule has 1 saturated carbocycles. The summed E-state index contributed by atoms with van der Waals surface area (Å²) in [7, 11) is -4.57. The van der Waals surface area contributed by atoms with Crippen molar-refractivity contribution in [2.24, 2.45) is 11.7 Å². The fraction of sp³-hybridized carbons (Fsp3) is 0.625. The number of halogens is 2. The number of hydrogen-bond acceptors (Lipinski definition) is 10. The zero-order valence-corrected chi connectivity index (χ0v) is 28.8. The van der Waals surface area contributed by atoms with Crippen LogP contribution < -0.4 is 15.8 Å². The van der Waals surface area contributed by atoms with Crippen molar-refractivity contribution in [3.05, 3.63) is 41.7 Å². The highest BCUT2D eigenvalue weighted by Gasteiger charge is 2.49. The molecule has 0 radical (unpaired) electrons.